The van der Waals surface area contributed by atoms with E-state index < -0.39 is 5.91 Å². The van der Waals surface area contributed by atoms with Crippen LogP contribution in [0.2, 0.25) is 0 Å². The van der Waals surface area contributed by atoms with E-state index in [1.54, 1.807) is 30.3 Å². The fourth-order valence-electron chi connectivity index (χ4n) is 1.80. The second-order valence-corrected chi connectivity index (χ2v) is 4.42. The van der Waals surface area contributed by atoms with Crippen molar-refractivity contribution in [1.29, 1.82) is 5.26 Å². The number of rotatable bonds is 3. The molecule has 2 aromatic carbocycles. The molecule has 0 radical (unpaired) electrons. The van der Waals surface area contributed by atoms with Crippen molar-refractivity contribution >= 4 is 11.7 Å². The van der Waals surface area contributed by atoms with Gasteiger partial charge in [0.1, 0.15) is 29.0 Å². The molecule has 0 spiro atoms. The first-order valence-corrected chi connectivity index (χ1v) is 6.37. The van der Waals surface area contributed by atoms with Gasteiger partial charge in [0.05, 0.1) is 5.56 Å². The van der Waals surface area contributed by atoms with Crippen LogP contribution in [0.1, 0.15) is 22.8 Å². The monoisotopic (exact) mass is 295 g/mol. The van der Waals surface area contributed by atoms with E-state index in [4.69, 9.17) is 10.5 Å². The second-order valence-electron chi connectivity index (χ2n) is 4.42. The summed E-state index contributed by atoms with van der Waals surface area (Å²) >= 11 is 0. The number of benzene rings is 2. The van der Waals surface area contributed by atoms with Crippen molar-refractivity contribution < 1.29 is 14.6 Å². The van der Waals surface area contributed by atoms with E-state index in [0.717, 1.165) is 0 Å². The fraction of sp³-hybridized carbons (Fsp3) is 0.0625. The number of hydrogen-bond acceptors (Lipinski definition) is 4. The highest BCUT2D eigenvalue weighted by atomic mass is 16.5. The molecule has 0 aliphatic heterocycles. The normalized spacial score (nSPS) is 10.8. The highest BCUT2D eigenvalue weighted by Gasteiger charge is 2.22. The summed E-state index contributed by atoms with van der Waals surface area (Å²) in [5.41, 5.74) is 5.30. The Labute approximate surface area is 127 Å². The minimum absolute atomic E-state index is 0.0393. The van der Waals surface area contributed by atoms with Crippen LogP contribution >= 0.6 is 0 Å². The molecular weight excluding hydrogens is 282 g/mol. The highest BCUT2D eigenvalue weighted by Crippen LogP contribution is 2.35. The molecule has 0 aliphatic rings. The third-order valence-corrected chi connectivity index (χ3v) is 2.71. The van der Waals surface area contributed by atoms with E-state index in [1.165, 1.54) is 19.1 Å². The minimum Gasteiger partial charge on any atom is -0.507 e. The zero-order valence-electron chi connectivity index (χ0n) is 11.8. The van der Waals surface area contributed by atoms with Crippen LogP contribution in [0.5, 0.6) is 17.2 Å². The highest BCUT2D eigenvalue weighted by molar-refractivity contribution is 6.06. The van der Waals surface area contributed by atoms with E-state index in [2.05, 4.69) is 4.99 Å². The first kappa shape index (κ1) is 15.1. The van der Waals surface area contributed by atoms with Gasteiger partial charge in [-0.25, -0.2) is 0 Å². The number of aromatic hydroxyl groups is 1. The van der Waals surface area contributed by atoms with Crippen molar-refractivity contribution in [3.63, 3.8) is 0 Å². The summed E-state index contributed by atoms with van der Waals surface area (Å²) in [5.74, 6) is -0.700. The number of carbonyl (C=O) groups is 1. The van der Waals surface area contributed by atoms with E-state index in [9.17, 15) is 15.2 Å². The maximum absolute atomic E-state index is 12.1. The largest absolute Gasteiger partial charge is 0.507 e. The topological polar surface area (TPSA) is 109 Å². The van der Waals surface area contributed by atoms with E-state index in [0.29, 0.717) is 5.75 Å². The first-order chi connectivity index (χ1) is 10.5. The van der Waals surface area contributed by atoms with Crippen LogP contribution in [0.15, 0.2) is 47.5 Å². The molecule has 0 atom stereocenters. The summed E-state index contributed by atoms with van der Waals surface area (Å²) in [5, 5.41) is 19.1. The number of amides is 1. The summed E-state index contributed by atoms with van der Waals surface area (Å²) in [7, 11) is 0. The van der Waals surface area contributed by atoms with Crippen molar-refractivity contribution in [3.05, 3.63) is 53.6 Å². The van der Waals surface area contributed by atoms with Gasteiger partial charge in [0.25, 0.3) is 5.91 Å². The molecule has 0 saturated heterocycles. The number of nitrogens with two attached hydrogens (primary N) is 1. The van der Waals surface area contributed by atoms with Gasteiger partial charge in [-0.3, -0.25) is 4.79 Å². The molecule has 1 amide bonds. The molecule has 0 unspecified atom stereocenters. The zero-order valence-corrected chi connectivity index (χ0v) is 11.8. The van der Waals surface area contributed by atoms with Crippen LogP contribution in [0.25, 0.3) is 0 Å². The van der Waals surface area contributed by atoms with Gasteiger partial charge >= 0.3 is 0 Å². The number of nitrogens with zero attached hydrogens (tertiary/aromatic N) is 2. The fourth-order valence-corrected chi connectivity index (χ4v) is 1.80. The van der Waals surface area contributed by atoms with Gasteiger partial charge in [-0.1, -0.05) is 18.2 Å². The summed E-state index contributed by atoms with van der Waals surface area (Å²) in [6, 6.07) is 13.1. The summed E-state index contributed by atoms with van der Waals surface area (Å²) in [6.07, 6.45) is 0. The average molecular weight is 295 g/mol. The quantitative estimate of drug-likeness (QED) is 0.668. The van der Waals surface area contributed by atoms with E-state index >= 15 is 0 Å². The minimum atomic E-state index is -0.777. The van der Waals surface area contributed by atoms with Crippen molar-refractivity contribution in [2.24, 2.45) is 10.7 Å². The number of aliphatic imine (C=N–C) groups is 1. The number of nitriles is 1. The van der Waals surface area contributed by atoms with Crippen LogP contribution in [0.3, 0.4) is 0 Å². The lowest BCUT2D eigenvalue weighted by molar-refractivity contribution is 0.0998. The van der Waals surface area contributed by atoms with Gasteiger partial charge in [0.2, 0.25) is 0 Å². The maximum atomic E-state index is 12.1. The Morgan fingerprint density at radius 1 is 1.27 bits per heavy atom. The number of carbonyl (C=O) groups excluding carboxylic acids is 1. The maximum Gasteiger partial charge on any atom is 0.286 e. The molecule has 0 bridgehead atoms. The summed E-state index contributed by atoms with van der Waals surface area (Å²) < 4.78 is 5.60. The van der Waals surface area contributed by atoms with E-state index in [1.807, 2.05) is 6.07 Å². The number of phenolic OH excluding ortho intramolecular Hbond substituents is 1. The molecule has 2 rings (SSSR count). The molecule has 0 fully saturated rings. The molecule has 3 N–H and O–H groups in total. The average Bonchev–Trinajstić information content (AvgIpc) is 2.48. The molecular formula is C16H13N3O3. The first-order valence-electron chi connectivity index (χ1n) is 6.37. The van der Waals surface area contributed by atoms with Crippen LogP contribution in [-0.2, 0) is 0 Å². The van der Waals surface area contributed by atoms with Gasteiger partial charge in [-0.2, -0.15) is 10.3 Å². The molecule has 110 valence electrons. The molecule has 22 heavy (non-hydrogen) atoms. The smallest absolute Gasteiger partial charge is 0.286 e. The Bertz CT molecular complexity index is 773. The SMILES string of the molecule is CC(N)=NC(=O)c1c(O)ccc(C#N)c1Oc1ccccc1. The van der Waals surface area contributed by atoms with Crippen LogP contribution < -0.4 is 10.5 Å². The Balaban J connectivity index is 2.59. The standard InChI is InChI=1S/C16H13N3O3/c1-10(18)19-16(21)14-13(20)8-7-11(9-17)15(14)22-12-5-3-2-4-6-12/h2-8,20H,1H3,(H2,18,19,21). The Morgan fingerprint density at radius 3 is 2.55 bits per heavy atom. The summed E-state index contributed by atoms with van der Waals surface area (Å²) in [4.78, 5) is 15.7. The van der Waals surface area contributed by atoms with Gasteiger partial charge in [0.15, 0.2) is 5.75 Å². The Kier molecular flexibility index (Phi) is 4.39. The van der Waals surface area contributed by atoms with E-state index in [-0.39, 0.29) is 28.5 Å². The lowest BCUT2D eigenvalue weighted by Gasteiger charge is -2.12. The van der Waals surface area contributed by atoms with Gasteiger partial charge in [0, 0.05) is 0 Å². The van der Waals surface area contributed by atoms with Crippen molar-refractivity contribution in [3.8, 4) is 23.3 Å². The lowest BCUT2D eigenvalue weighted by Crippen LogP contribution is -2.10. The van der Waals surface area contributed by atoms with Gasteiger partial charge in [-0.15, -0.1) is 0 Å². The van der Waals surface area contributed by atoms with Crippen LogP contribution in [0, 0.1) is 11.3 Å². The molecule has 2 aromatic rings. The second kappa shape index (κ2) is 6.41. The third-order valence-electron chi connectivity index (χ3n) is 2.71. The van der Waals surface area contributed by atoms with Crippen LogP contribution in [-0.4, -0.2) is 16.8 Å². The predicted molar refractivity (Wildman–Crippen MR) is 81.0 cm³/mol. The van der Waals surface area contributed by atoms with Crippen LogP contribution in [0.4, 0.5) is 0 Å². The van der Waals surface area contributed by atoms with Crippen molar-refractivity contribution in [2.75, 3.05) is 0 Å². The predicted octanol–water partition coefficient (Wildman–Crippen LogP) is 2.57. The number of phenols is 1. The number of hydrogen-bond donors (Lipinski definition) is 2. The molecule has 0 aliphatic carbocycles. The van der Waals surface area contributed by atoms with Crippen molar-refractivity contribution in [2.45, 2.75) is 6.92 Å². The Hall–Kier alpha value is -3.33. The third kappa shape index (κ3) is 3.22. The number of amidine groups is 1. The zero-order chi connectivity index (χ0) is 16.1. The van der Waals surface area contributed by atoms with Gasteiger partial charge < -0.3 is 15.6 Å². The van der Waals surface area contributed by atoms with Gasteiger partial charge in [-0.05, 0) is 31.2 Å². The van der Waals surface area contributed by atoms with Crippen molar-refractivity contribution in [1.82, 2.24) is 0 Å². The number of ether oxygens (including phenoxy) is 1. The summed E-state index contributed by atoms with van der Waals surface area (Å²) in [6.45, 7) is 1.45. The Morgan fingerprint density at radius 2 is 1.95 bits per heavy atom. The lowest BCUT2D eigenvalue weighted by atomic mass is 10.1. The molecule has 0 aromatic heterocycles. The number of para-hydroxylation sites is 1. The molecule has 0 saturated carbocycles. The molecule has 6 nitrogen and oxygen atoms in total. The molecule has 0 heterocycles. The molecule has 6 heteroatoms.